The van der Waals surface area contributed by atoms with Gasteiger partial charge >= 0.3 is 0 Å². The highest BCUT2D eigenvalue weighted by molar-refractivity contribution is 6.42. The fourth-order valence-electron chi connectivity index (χ4n) is 1.42. The van der Waals surface area contributed by atoms with Gasteiger partial charge < -0.3 is 4.90 Å². The van der Waals surface area contributed by atoms with Crippen LogP contribution in [0.2, 0.25) is 10.0 Å². The lowest BCUT2D eigenvalue weighted by Crippen LogP contribution is -2.26. The third-order valence-corrected chi connectivity index (χ3v) is 3.51. The first-order chi connectivity index (χ1) is 8.06. The topological polar surface area (TPSA) is 20.3 Å². The predicted octanol–water partition coefficient (Wildman–Crippen LogP) is 3.97. The van der Waals surface area contributed by atoms with E-state index in [1.54, 1.807) is 18.0 Å². The van der Waals surface area contributed by atoms with Gasteiger partial charge in [0.15, 0.2) is 0 Å². The Morgan fingerprint density at radius 2 is 2.06 bits per heavy atom. The highest BCUT2D eigenvalue weighted by Gasteiger charge is 2.11. The van der Waals surface area contributed by atoms with E-state index in [4.69, 9.17) is 34.8 Å². The molecule has 0 saturated heterocycles. The van der Waals surface area contributed by atoms with Gasteiger partial charge in [0, 0.05) is 25.9 Å². The fraction of sp³-hybridized carbons (Fsp3) is 0.417. The molecule has 5 heteroatoms. The molecule has 0 aliphatic carbocycles. The highest BCUT2D eigenvalue weighted by Crippen LogP contribution is 2.26. The highest BCUT2D eigenvalue weighted by atomic mass is 35.5. The van der Waals surface area contributed by atoms with Gasteiger partial charge in [0.1, 0.15) is 0 Å². The molecule has 1 aromatic rings. The standard InChI is InChI=1S/C12H14Cl3NO/c1-16(11(17)6-3-7-13)8-9-4-2-5-10(14)12(9)15/h2,4-5H,3,6-8H2,1H3. The number of hydrogen-bond acceptors (Lipinski definition) is 1. The summed E-state index contributed by atoms with van der Waals surface area (Å²) in [7, 11) is 1.74. The molecule has 0 fully saturated rings. The third-order valence-electron chi connectivity index (χ3n) is 2.39. The number of carbonyl (C=O) groups is 1. The van der Waals surface area contributed by atoms with Crippen LogP contribution in [0.5, 0.6) is 0 Å². The SMILES string of the molecule is CN(Cc1cccc(Cl)c1Cl)C(=O)CCCCl. The van der Waals surface area contributed by atoms with Crippen LogP contribution < -0.4 is 0 Å². The van der Waals surface area contributed by atoms with E-state index < -0.39 is 0 Å². The smallest absolute Gasteiger partial charge is 0.222 e. The Kier molecular flexibility index (Phi) is 6.10. The van der Waals surface area contributed by atoms with Crippen LogP contribution in [0, 0.1) is 0 Å². The number of halogens is 3. The van der Waals surface area contributed by atoms with Crippen molar-refractivity contribution in [1.82, 2.24) is 4.90 Å². The van der Waals surface area contributed by atoms with Gasteiger partial charge in [0.2, 0.25) is 5.91 Å². The molecular formula is C12H14Cl3NO. The second-order valence-corrected chi connectivity index (χ2v) is 4.92. The molecule has 17 heavy (non-hydrogen) atoms. The first-order valence-electron chi connectivity index (χ1n) is 5.29. The number of benzene rings is 1. The molecule has 0 aliphatic heterocycles. The van der Waals surface area contributed by atoms with Gasteiger partial charge in [0.05, 0.1) is 10.0 Å². The number of nitrogens with zero attached hydrogens (tertiary/aromatic N) is 1. The average Bonchev–Trinajstić information content (AvgIpc) is 2.31. The van der Waals surface area contributed by atoms with Gasteiger partial charge in [0.25, 0.3) is 0 Å². The lowest BCUT2D eigenvalue weighted by molar-refractivity contribution is -0.130. The maximum absolute atomic E-state index is 11.7. The minimum absolute atomic E-state index is 0.0571. The van der Waals surface area contributed by atoms with E-state index in [9.17, 15) is 4.79 Å². The molecule has 0 saturated carbocycles. The number of amides is 1. The van der Waals surface area contributed by atoms with E-state index in [0.29, 0.717) is 35.3 Å². The van der Waals surface area contributed by atoms with Crippen molar-refractivity contribution in [3.05, 3.63) is 33.8 Å². The average molecular weight is 295 g/mol. The third kappa shape index (κ3) is 4.38. The summed E-state index contributed by atoms with van der Waals surface area (Å²) in [4.78, 5) is 13.3. The lowest BCUT2D eigenvalue weighted by atomic mass is 10.2. The molecule has 2 nitrogen and oxygen atoms in total. The van der Waals surface area contributed by atoms with Crippen molar-refractivity contribution in [2.75, 3.05) is 12.9 Å². The molecule has 94 valence electrons. The van der Waals surface area contributed by atoms with Crippen molar-refractivity contribution in [2.24, 2.45) is 0 Å². The summed E-state index contributed by atoms with van der Waals surface area (Å²) in [6.07, 6.45) is 1.15. The Labute approximate surface area is 116 Å². The Morgan fingerprint density at radius 3 is 2.71 bits per heavy atom. The molecule has 0 bridgehead atoms. The zero-order valence-electron chi connectivity index (χ0n) is 9.55. The van der Waals surface area contributed by atoms with Crippen LogP contribution in [0.15, 0.2) is 18.2 Å². The molecule has 1 amide bonds. The molecule has 0 unspecified atom stereocenters. The first-order valence-corrected chi connectivity index (χ1v) is 6.58. The zero-order valence-corrected chi connectivity index (χ0v) is 11.8. The molecular weight excluding hydrogens is 280 g/mol. The van der Waals surface area contributed by atoms with Crippen LogP contribution in [0.3, 0.4) is 0 Å². The van der Waals surface area contributed by atoms with Crippen LogP contribution >= 0.6 is 34.8 Å². The maximum atomic E-state index is 11.7. The van der Waals surface area contributed by atoms with E-state index in [1.807, 2.05) is 12.1 Å². The van der Waals surface area contributed by atoms with E-state index in [-0.39, 0.29) is 5.91 Å². The number of carbonyl (C=O) groups excluding carboxylic acids is 1. The van der Waals surface area contributed by atoms with Crippen LogP contribution in [-0.4, -0.2) is 23.7 Å². The van der Waals surface area contributed by atoms with Crippen LogP contribution in [0.25, 0.3) is 0 Å². The first kappa shape index (κ1) is 14.6. The fourth-order valence-corrected chi connectivity index (χ4v) is 1.94. The van der Waals surface area contributed by atoms with Crippen LogP contribution in [0.4, 0.5) is 0 Å². The van der Waals surface area contributed by atoms with E-state index >= 15 is 0 Å². The number of rotatable bonds is 5. The summed E-state index contributed by atoms with van der Waals surface area (Å²) >= 11 is 17.5. The number of hydrogen-bond donors (Lipinski definition) is 0. The van der Waals surface area contributed by atoms with Gasteiger partial charge in [-0.3, -0.25) is 4.79 Å². The largest absolute Gasteiger partial charge is 0.341 e. The van der Waals surface area contributed by atoms with Crippen LogP contribution in [0.1, 0.15) is 18.4 Å². The van der Waals surface area contributed by atoms with Crippen molar-refractivity contribution >= 4 is 40.7 Å². The molecule has 0 radical (unpaired) electrons. The minimum atomic E-state index is 0.0571. The van der Waals surface area contributed by atoms with Crippen LogP contribution in [-0.2, 0) is 11.3 Å². The molecule has 1 aromatic carbocycles. The van der Waals surface area contributed by atoms with Gasteiger partial charge in [-0.1, -0.05) is 35.3 Å². The predicted molar refractivity (Wildman–Crippen MR) is 72.9 cm³/mol. The van der Waals surface area contributed by atoms with Gasteiger partial charge in [-0.15, -0.1) is 11.6 Å². The Bertz CT molecular complexity index is 395. The molecule has 0 heterocycles. The quantitative estimate of drug-likeness (QED) is 0.753. The van der Waals surface area contributed by atoms with Crippen molar-refractivity contribution in [2.45, 2.75) is 19.4 Å². The van der Waals surface area contributed by atoms with Crippen molar-refractivity contribution in [3.8, 4) is 0 Å². The van der Waals surface area contributed by atoms with Crippen molar-refractivity contribution < 1.29 is 4.79 Å². The van der Waals surface area contributed by atoms with Gasteiger partial charge in [-0.2, -0.15) is 0 Å². The van der Waals surface area contributed by atoms with Crippen molar-refractivity contribution in [1.29, 1.82) is 0 Å². The molecule has 0 aromatic heterocycles. The minimum Gasteiger partial charge on any atom is -0.341 e. The second kappa shape index (κ2) is 7.10. The summed E-state index contributed by atoms with van der Waals surface area (Å²) in [5, 5.41) is 1.01. The summed E-state index contributed by atoms with van der Waals surface area (Å²) < 4.78 is 0. The summed E-state index contributed by atoms with van der Waals surface area (Å²) in [5.41, 5.74) is 0.848. The summed E-state index contributed by atoms with van der Waals surface area (Å²) in [6.45, 7) is 0.459. The van der Waals surface area contributed by atoms with Gasteiger partial charge in [-0.25, -0.2) is 0 Å². The van der Waals surface area contributed by atoms with E-state index in [1.165, 1.54) is 0 Å². The van der Waals surface area contributed by atoms with E-state index in [0.717, 1.165) is 5.56 Å². The maximum Gasteiger partial charge on any atom is 0.222 e. The van der Waals surface area contributed by atoms with E-state index in [2.05, 4.69) is 0 Å². The summed E-state index contributed by atoms with van der Waals surface area (Å²) in [5.74, 6) is 0.555. The Hall–Kier alpha value is -0.440. The molecule has 0 N–H and O–H groups in total. The molecule has 0 atom stereocenters. The summed E-state index contributed by atoms with van der Waals surface area (Å²) in [6, 6.07) is 5.41. The Balaban J connectivity index is 2.64. The molecule has 0 aliphatic rings. The molecule has 1 rings (SSSR count). The number of alkyl halides is 1. The zero-order chi connectivity index (χ0) is 12.8. The monoisotopic (exact) mass is 293 g/mol. The van der Waals surface area contributed by atoms with Crippen molar-refractivity contribution in [3.63, 3.8) is 0 Å². The lowest BCUT2D eigenvalue weighted by Gasteiger charge is -2.18. The molecule has 0 spiro atoms. The Morgan fingerprint density at radius 1 is 1.35 bits per heavy atom. The second-order valence-electron chi connectivity index (χ2n) is 3.76. The normalized spacial score (nSPS) is 10.4. The van der Waals surface area contributed by atoms with Gasteiger partial charge in [-0.05, 0) is 18.1 Å².